The van der Waals surface area contributed by atoms with Crippen molar-refractivity contribution in [2.75, 3.05) is 0 Å². The lowest BCUT2D eigenvalue weighted by Crippen LogP contribution is -2.07. The number of nitrogens with one attached hydrogen (secondary N) is 2. The Morgan fingerprint density at radius 3 is 2.45 bits per heavy atom. The van der Waals surface area contributed by atoms with Gasteiger partial charge in [-0.2, -0.15) is 0 Å². The molecule has 2 aromatic heterocycles. The average molecular weight is 297 g/mol. The molecule has 1 aliphatic carbocycles. The van der Waals surface area contributed by atoms with Crippen LogP contribution in [0.15, 0.2) is 29.5 Å². The van der Waals surface area contributed by atoms with Crippen molar-refractivity contribution in [1.82, 2.24) is 9.97 Å². The van der Waals surface area contributed by atoms with Crippen LogP contribution in [0.1, 0.15) is 63.0 Å². The van der Waals surface area contributed by atoms with E-state index < -0.39 is 0 Å². The van der Waals surface area contributed by atoms with Crippen LogP contribution < -0.4 is 0 Å². The highest BCUT2D eigenvalue weighted by Crippen LogP contribution is 2.25. The molecule has 3 heteroatoms. The minimum Gasteiger partial charge on any atom is -0.360 e. The number of aryl methyl sites for hydroxylation is 1. The van der Waals surface area contributed by atoms with E-state index >= 15 is 0 Å². The number of rotatable bonds is 4. The monoisotopic (exact) mass is 297 g/mol. The summed E-state index contributed by atoms with van der Waals surface area (Å²) in [7, 11) is 0. The van der Waals surface area contributed by atoms with E-state index in [2.05, 4.69) is 35.2 Å². The molecule has 0 bridgehead atoms. The van der Waals surface area contributed by atoms with Gasteiger partial charge in [0.25, 0.3) is 0 Å². The Hall–Kier alpha value is -1.77. The summed E-state index contributed by atoms with van der Waals surface area (Å²) in [4.78, 5) is 11.6. The third-order valence-electron chi connectivity index (χ3n) is 4.74. The first-order chi connectivity index (χ1) is 10.9. The lowest BCUT2D eigenvalue weighted by molar-refractivity contribution is 0.456. The van der Waals surface area contributed by atoms with Crippen LogP contribution in [0, 0.1) is 0 Å². The van der Waals surface area contributed by atoms with Gasteiger partial charge in [0, 0.05) is 30.2 Å². The zero-order chi connectivity index (χ0) is 15.2. The molecule has 0 aliphatic heterocycles. The van der Waals surface area contributed by atoms with Crippen LogP contribution in [0.4, 0.5) is 0 Å². The minimum absolute atomic E-state index is 0.511. The second-order valence-corrected chi connectivity index (χ2v) is 6.32. The standard InChI is InChI=1S/C19H27N3/c1-2-15-10-12-20-18(15)19-16(11-13-21-19)14-22-17-8-6-4-3-5-7-9-17/h10-14,17,20-21H,2-9H2,1H3. The van der Waals surface area contributed by atoms with Crippen molar-refractivity contribution in [3.05, 3.63) is 35.7 Å². The number of hydrogen-bond donors (Lipinski definition) is 2. The van der Waals surface area contributed by atoms with E-state index in [-0.39, 0.29) is 0 Å². The fourth-order valence-electron chi connectivity index (χ4n) is 3.40. The molecule has 3 nitrogen and oxygen atoms in total. The van der Waals surface area contributed by atoms with Gasteiger partial charge in [-0.1, -0.05) is 39.0 Å². The highest BCUT2D eigenvalue weighted by atomic mass is 14.8. The lowest BCUT2D eigenvalue weighted by Gasteiger charge is -2.15. The summed E-state index contributed by atoms with van der Waals surface area (Å²) in [5.41, 5.74) is 4.91. The molecule has 2 heterocycles. The molecule has 0 unspecified atom stereocenters. The predicted molar refractivity (Wildman–Crippen MR) is 93.7 cm³/mol. The maximum absolute atomic E-state index is 4.89. The van der Waals surface area contributed by atoms with Crippen molar-refractivity contribution in [3.8, 4) is 11.4 Å². The van der Waals surface area contributed by atoms with Crippen LogP contribution in [-0.4, -0.2) is 22.2 Å². The highest BCUT2D eigenvalue weighted by molar-refractivity contribution is 5.89. The Kier molecular flexibility index (Phi) is 5.15. The zero-order valence-electron chi connectivity index (χ0n) is 13.6. The molecule has 0 radical (unpaired) electrons. The van der Waals surface area contributed by atoms with Gasteiger partial charge in [-0.05, 0) is 37.0 Å². The largest absolute Gasteiger partial charge is 0.360 e. The summed E-state index contributed by atoms with van der Waals surface area (Å²) in [6.45, 7) is 2.19. The molecule has 0 saturated heterocycles. The fourth-order valence-corrected chi connectivity index (χ4v) is 3.40. The Morgan fingerprint density at radius 2 is 1.68 bits per heavy atom. The van der Waals surface area contributed by atoms with Crippen LogP contribution in [0.2, 0.25) is 0 Å². The van der Waals surface area contributed by atoms with Crippen molar-refractivity contribution < 1.29 is 0 Å². The first-order valence-corrected chi connectivity index (χ1v) is 8.75. The summed E-state index contributed by atoms with van der Waals surface area (Å²) in [5, 5.41) is 0. The zero-order valence-corrected chi connectivity index (χ0v) is 13.6. The van der Waals surface area contributed by atoms with Gasteiger partial charge in [0.1, 0.15) is 0 Å². The molecular weight excluding hydrogens is 270 g/mol. The molecular formula is C19H27N3. The number of aromatic nitrogens is 2. The summed E-state index contributed by atoms with van der Waals surface area (Å²) >= 11 is 0. The number of nitrogens with zero attached hydrogens (tertiary/aromatic N) is 1. The van der Waals surface area contributed by atoms with Crippen molar-refractivity contribution in [2.24, 2.45) is 4.99 Å². The average Bonchev–Trinajstić information content (AvgIpc) is 3.14. The summed E-state index contributed by atoms with van der Waals surface area (Å²) in [6, 6.07) is 4.80. The second-order valence-electron chi connectivity index (χ2n) is 6.32. The Labute approximate surface area is 133 Å². The van der Waals surface area contributed by atoms with E-state index in [4.69, 9.17) is 4.99 Å². The van der Waals surface area contributed by atoms with Gasteiger partial charge in [0.05, 0.1) is 11.4 Å². The summed E-state index contributed by atoms with van der Waals surface area (Å²) in [5.74, 6) is 0. The molecule has 0 aromatic carbocycles. The number of aliphatic imine (C=N–C) groups is 1. The number of H-pyrrole nitrogens is 2. The number of hydrogen-bond acceptors (Lipinski definition) is 1. The van der Waals surface area contributed by atoms with Gasteiger partial charge < -0.3 is 9.97 Å². The molecule has 1 saturated carbocycles. The maximum Gasteiger partial charge on any atom is 0.0711 e. The third-order valence-corrected chi connectivity index (χ3v) is 4.74. The van der Waals surface area contributed by atoms with Gasteiger partial charge in [-0.3, -0.25) is 4.99 Å². The van der Waals surface area contributed by atoms with Crippen LogP contribution in [-0.2, 0) is 6.42 Å². The molecule has 1 fully saturated rings. The van der Waals surface area contributed by atoms with Crippen LogP contribution in [0.3, 0.4) is 0 Å². The van der Waals surface area contributed by atoms with E-state index in [1.54, 1.807) is 0 Å². The summed E-state index contributed by atoms with van der Waals surface area (Å²) in [6.07, 6.45) is 16.5. The van der Waals surface area contributed by atoms with Crippen molar-refractivity contribution in [3.63, 3.8) is 0 Å². The molecule has 2 N–H and O–H groups in total. The normalized spacial score (nSPS) is 17.7. The van der Waals surface area contributed by atoms with Gasteiger partial charge in [0.2, 0.25) is 0 Å². The first-order valence-electron chi connectivity index (χ1n) is 8.75. The maximum atomic E-state index is 4.89. The Bertz CT molecular complexity index is 598. The lowest BCUT2D eigenvalue weighted by atomic mass is 9.97. The SMILES string of the molecule is CCc1cc[nH]c1-c1[nH]ccc1C=NC1CCCCCCC1. The quantitative estimate of drug-likeness (QED) is 0.737. The predicted octanol–water partition coefficient (Wildman–Crippen LogP) is 5.10. The van der Waals surface area contributed by atoms with E-state index in [9.17, 15) is 0 Å². The first kappa shape index (κ1) is 15.1. The van der Waals surface area contributed by atoms with Crippen LogP contribution >= 0.6 is 0 Å². The number of aromatic amines is 2. The van der Waals surface area contributed by atoms with Crippen LogP contribution in [0.25, 0.3) is 11.4 Å². The second kappa shape index (κ2) is 7.48. The van der Waals surface area contributed by atoms with Crippen molar-refractivity contribution in [2.45, 2.75) is 64.3 Å². The van der Waals surface area contributed by atoms with E-state index in [0.717, 1.165) is 12.1 Å². The van der Waals surface area contributed by atoms with Gasteiger partial charge in [0.15, 0.2) is 0 Å². The van der Waals surface area contributed by atoms with E-state index in [1.807, 2.05) is 12.4 Å². The van der Waals surface area contributed by atoms with Crippen molar-refractivity contribution >= 4 is 6.21 Å². The van der Waals surface area contributed by atoms with Crippen LogP contribution in [0.5, 0.6) is 0 Å². The molecule has 1 aliphatic rings. The van der Waals surface area contributed by atoms with Gasteiger partial charge in [-0.15, -0.1) is 0 Å². The molecule has 0 atom stereocenters. The molecule has 2 aromatic rings. The highest BCUT2D eigenvalue weighted by Gasteiger charge is 2.12. The summed E-state index contributed by atoms with van der Waals surface area (Å²) < 4.78 is 0. The fraction of sp³-hybridized carbons (Fsp3) is 0.526. The minimum atomic E-state index is 0.511. The molecule has 0 spiro atoms. The van der Waals surface area contributed by atoms with E-state index in [1.165, 1.54) is 61.8 Å². The molecule has 22 heavy (non-hydrogen) atoms. The van der Waals surface area contributed by atoms with Crippen molar-refractivity contribution in [1.29, 1.82) is 0 Å². The Morgan fingerprint density at radius 1 is 1.00 bits per heavy atom. The van der Waals surface area contributed by atoms with Gasteiger partial charge >= 0.3 is 0 Å². The molecule has 0 amide bonds. The van der Waals surface area contributed by atoms with E-state index in [0.29, 0.717) is 6.04 Å². The molecule has 118 valence electrons. The Balaban J connectivity index is 1.75. The topological polar surface area (TPSA) is 43.9 Å². The smallest absolute Gasteiger partial charge is 0.0711 e. The molecule has 3 rings (SSSR count). The van der Waals surface area contributed by atoms with Gasteiger partial charge in [-0.25, -0.2) is 0 Å². The third kappa shape index (κ3) is 3.52.